The number of amides is 2. The number of nitrogens with one attached hydrogen (secondary N) is 1. The zero-order chi connectivity index (χ0) is 21.2. The molecule has 1 aromatic rings. The lowest BCUT2D eigenvalue weighted by molar-refractivity contribution is -0.192. The fraction of sp³-hybridized carbons (Fsp3) is 0.500. The van der Waals surface area contributed by atoms with E-state index in [1.807, 2.05) is 0 Å². The molecule has 3 rings (SSSR count). The van der Waals surface area contributed by atoms with Crippen LogP contribution in [0.5, 0.6) is 0 Å². The molecular formula is C14H15N7O5S3. The van der Waals surface area contributed by atoms with Crippen molar-refractivity contribution in [2.75, 3.05) is 24.4 Å². The second-order valence-electron chi connectivity index (χ2n) is 5.84. The highest BCUT2D eigenvalue weighted by atomic mass is 32.2. The van der Waals surface area contributed by atoms with Gasteiger partial charge in [0, 0.05) is 25.7 Å². The van der Waals surface area contributed by atoms with Crippen molar-refractivity contribution in [1.82, 2.24) is 30.4 Å². The first-order valence-electron chi connectivity index (χ1n) is 7.98. The molecule has 2 aliphatic heterocycles. The van der Waals surface area contributed by atoms with Crippen molar-refractivity contribution < 1.29 is 24.2 Å². The van der Waals surface area contributed by atoms with Gasteiger partial charge >= 0.3 is 5.97 Å². The predicted molar refractivity (Wildman–Crippen MR) is 103 cm³/mol. The quantitative estimate of drug-likeness (QED) is 0.217. The first-order chi connectivity index (χ1) is 13.9. The molecular weight excluding hydrogens is 442 g/mol. The fourth-order valence-corrected chi connectivity index (χ4v) is 5.59. The maximum Gasteiger partial charge on any atom is 0.352 e. The minimum atomic E-state index is -1.66. The van der Waals surface area contributed by atoms with E-state index >= 15 is 0 Å². The number of tetrazole rings is 1. The number of rotatable bonds is 8. The number of hydrogen-bond donors (Lipinski definition) is 2. The van der Waals surface area contributed by atoms with Gasteiger partial charge < -0.3 is 15.2 Å². The van der Waals surface area contributed by atoms with E-state index in [1.165, 1.54) is 35.3 Å². The molecule has 0 bridgehead atoms. The van der Waals surface area contributed by atoms with Crippen molar-refractivity contribution in [3.8, 4) is 5.40 Å². The summed E-state index contributed by atoms with van der Waals surface area (Å²) in [6.07, 6.45) is 0. The number of carbonyl (C=O) groups is 3. The van der Waals surface area contributed by atoms with Crippen molar-refractivity contribution in [2.24, 2.45) is 7.05 Å². The van der Waals surface area contributed by atoms with E-state index in [-0.39, 0.29) is 17.2 Å². The Morgan fingerprint density at radius 2 is 2.31 bits per heavy atom. The monoisotopic (exact) mass is 457 g/mol. The van der Waals surface area contributed by atoms with E-state index in [9.17, 15) is 19.5 Å². The highest BCUT2D eigenvalue weighted by molar-refractivity contribution is 8.04. The number of thiocyanates is 1. The van der Waals surface area contributed by atoms with Crippen molar-refractivity contribution in [3.63, 3.8) is 0 Å². The van der Waals surface area contributed by atoms with E-state index in [4.69, 9.17) is 10.00 Å². The normalized spacial score (nSPS) is 23.3. The van der Waals surface area contributed by atoms with E-state index in [0.717, 1.165) is 16.7 Å². The van der Waals surface area contributed by atoms with Gasteiger partial charge in [-0.25, -0.2) is 9.48 Å². The third-order valence-corrected chi connectivity index (χ3v) is 7.19. The first kappa shape index (κ1) is 21.4. The van der Waals surface area contributed by atoms with Crippen LogP contribution in [-0.4, -0.2) is 83.5 Å². The van der Waals surface area contributed by atoms with Gasteiger partial charge in [-0.05, 0) is 27.8 Å². The number of methoxy groups -OCH3 is 1. The van der Waals surface area contributed by atoms with Gasteiger partial charge in [-0.1, -0.05) is 11.8 Å². The largest absolute Gasteiger partial charge is 0.477 e. The second-order valence-corrected chi connectivity index (χ2v) is 8.61. The molecule has 0 aliphatic carbocycles. The molecule has 0 spiro atoms. The number of nitrogens with zero attached hydrogens (tertiary/aromatic N) is 6. The number of aryl methyl sites for hydroxylation is 1. The molecule has 0 saturated carbocycles. The Bertz CT molecular complexity index is 929. The lowest BCUT2D eigenvalue weighted by Gasteiger charge is -2.55. The number of carboxylic acid groups (broad SMARTS) is 1. The SMILES string of the molecule is CO[C@]1(NC(=O)CSC#N)C(=O)N2C(C(=O)O)=C(CSc3nnnn3C)CS[C@@H]21. The summed E-state index contributed by atoms with van der Waals surface area (Å²) >= 11 is 3.27. The molecule has 29 heavy (non-hydrogen) atoms. The van der Waals surface area contributed by atoms with E-state index in [1.54, 1.807) is 12.4 Å². The number of aromatic nitrogens is 4. The smallest absolute Gasteiger partial charge is 0.352 e. The number of nitriles is 1. The molecule has 2 amide bonds. The standard InChI is InChI=1S/C14H15N7O5S3/c1-20-13(17-18-19-20)29-4-7-3-28-12-14(26-2,16-8(22)5-27-6-15)11(25)21(12)9(7)10(23)24/h12H,3-5H2,1-2H3,(H,16,22)(H,23,24)/t12-,14-/m1/s1. The van der Waals surface area contributed by atoms with Crippen molar-refractivity contribution >= 4 is 53.1 Å². The van der Waals surface area contributed by atoms with Gasteiger partial charge in [-0.15, -0.1) is 16.9 Å². The number of hydrogen-bond acceptors (Lipinski definition) is 11. The van der Waals surface area contributed by atoms with Crippen LogP contribution in [0.3, 0.4) is 0 Å². The van der Waals surface area contributed by atoms with Gasteiger partial charge in [-0.3, -0.25) is 14.5 Å². The number of fused-ring (bicyclic) bond motifs is 1. The molecule has 1 saturated heterocycles. The van der Waals surface area contributed by atoms with Gasteiger partial charge in [-0.2, -0.15) is 5.26 Å². The molecule has 2 aliphatic rings. The highest BCUT2D eigenvalue weighted by Crippen LogP contribution is 2.47. The Labute approximate surface area is 177 Å². The predicted octanol–water partition coefficient (Wildman–Crippen LogP) is -0.771. The summed E-state index contributed by atoms with van der Waals surface area (Å²) in [4.78, 5) is 37.9. The van der Waals surface area contributed by atoms with Crippen LogP contribution in [0.2, 0.25) is 0 Å². The molecule has 154 valence electrons. The number of carboxylic acids is 1. The molecule has 0 unspecified atom stereocenters. The van der Waals surface area contributed by atoms with Gasteiger partial charge in [0.1, 0.15) is 16.5 Å². The summed E-state index contributed by atoms with van der Waals surface area (Å²) in [5.41, 5.74) is -1.25. The third-order valence-electron chi connectivity index (χ3n) is 4.18. The maximum atomic E-state index is 12.9. The van der Waals surface area contributed by atoms with Crippen LogP contribution in [0.4, 0.5) is 0 Å². The topological polar surface area (TPSA) is 163 Å². The summed E-state index contributed by atoms with van der Waals surface area (Å²) in [6, 6.07) is 0. The summed E-state index contributed by atoms with van der Waals surface area (Å²) in [5.74, 6) is -2.03. The Balaban J connectivity index is 1.81. The summed E-state index contributed by atoms with van der Waals surface area (Å²) < 4.78 is 6.78. The van der Waals surface area contributed by atoms with Crippen LogP contribution >= 0.6 is 35.3 Å². The lowest BCUT2D eigenvalue weighted by Crippen LogP contribution is -2.80. The average Bonchev–Trinajstić information content (AvgIpc) is 3.12. The van der Waals surface area contributed by atoms with E-state index in [0.29, 0.717) is 16.5 Å². The minimum Gasteiger partial charge on any atom is -0.477 e. The van der Waals surface area contributed by atoms with Crippen LogP contribution in [0.1, 0.15) is 0 Å². The summed E-state index contributed by atoms with van der Waals surface area (Å²) in [7, 11) is 2.93. The Morgan fingerprint density at radius 3 is 2.90 bits per heavy atom. The number of thioether (sulfide) groups is 3. The number of β-lactam (4-membered cyclic amide) rings is 1. The van der Waals surface area contributed by atoms with Crippen LogP contribution in [0.15, 0.2) is 16.4 Å². The molecule has 0 radical (unpaired) electrons. The maximum absolute atomic E-state index is 12.9. The fourth-order valence-electron chi connectivity index (χ4n) is 2.89. The van der Waals surface area contributed by atoms with Crippen LogP contribution in [-0.2, 0) is 26.2 Å². The van der Waals surface area contributed by atoms with Crippen molar-refractivity contribution in [3.05, 3.63) is 11.3 Å². The molecule has 12 nitrogen and oxygen atoms in total. The summed E-state index contributed by atoms with van der Waals surface area (Å²) in [6.45, 7) is 0. The van der Waals surface area contributed by atoms with E-state index < -0.39 is 28.9 Å². The zero-order valence-corrected chi connectivity index (χ0v) is 17.6. The first-order valence-corrected chi connectivity index (χ1v) is 11.0. The van der Waals surface area contributed by atoms with Crippen molar-refractivity contribution in [2.45, 2.75) is 16.3 Å². The second kappa shape index (κ2) is 8.61. The molecule has 1 aromatic heterocycles. The van der Waals surface area contributed by atoms with Crippen molar-refractivity contribution in [1.29, 1.82) is 5.26 Å². The molecule has 2 atom stereocenters. The summed E-state index contributed by atoms with van der Waals surface area (Å²) in [5, 5.41) is 33.4. The van der Waals surface area contributed by atoms with Crippen LogP contribution in [0.25, 0.3) is 0 Å². The Kier molecular flexibility index (Phi) is 6.36. The third kappa shape index (κ3) is 3.80. The molecule has 1 fully saturated rings. The van der Waals surface area contributed by atoms with E-state index in [2.05, 4.69) is 20.8 Å². The molecule has 2 N–H and O–H groups in total. The molecule has 15 heteroatoms. The molecule has 3 heterocycles. The minimum absolute atomic E-state index is 0.130. The van der Waals surface area contributed by atoms with Crippen LogP contribution < -0.4 is 5.32 Å². The van der Waals surface area contributed by atoms with Crippen LogP contribution in [0, 0.1) is 10.7 Å². The number of ether oxygens (including phenoxy) is 1. The Hall–Kier alpha value is -2.28. The average molecular weight is 458 g/mol. The number of aliphatic carboxylic acids is 1. The molecule has 0 aromatic carbocycles. The van der Waals surface area contributed by atoms with Gasteiger partial charge in [0.05, 0.1) is 5.75 Å². The number of carbonyl (C=O) groups excluding carboxylic acids is 2. The zero-order valence-electron chi connectivity index (χ0n) is 15.2. The highest BCUT2D eigenvalue weighted by Gasteiger charge is 2.66. The van der Waals surface area contributed by atoms with Gasteiger partial charge in [0.25, 0.3) is 11.6 Å². The van der Waals surface area contributed by atoms with Gasteiger partial charge in [0.2, 0.25) is 11.1 Å². The Morgan fingerprint density at radius 1 is 1.55 bits per heavy atom. The van der Waals surface area contributed by atoms with Gasteiger partial charge in [0.15, 0.2) is 0 Å². The lowest BCUT2D eigenvalue weighted by atomic mass is 9.98.